The van der Waals surface area contributed by atoms with Crippen molar-refractivity contribution in [2.24, 2.45) is 0 Å². The zero-order valence-corrected chi connectivity index (χ0v) is 10.5. The van der Waals surface area contributed by atoms with E-state index in [1.54, 1.807) is 18.2 Å². The van der Waals surface area contributed by atoms with Crippen molar-refractivity contribution in [1.82, 2.24) is 19.7 Å². The molecule has 4 N–H and O–H groups in total. The van der Waals surface area contributed by atoms with Crippen LogP contribution in [0.2, 0.25) is 0 Å². The van der Waals surface area contributed by atoms with Gasteiger partial charge in [-0.1, -0.05) is 12.1 Å². The molecule has 0 radical (unpaired) electrons. The number of anilines is 2. The summed E-state index contributed by atoms with van der Waals surface area (Å²) in [6.07, 6.45) is -3.54. The molecule has 3 rings (SSSR count). The van der Waals surface area contributed by atoms with E-state index in [9.17, 15) is 13.2 Å². The molecule has 0 amide bonds. The third-order valence-corrected chi connectivity index (χ3v) is 2.86. The number of fused-ring (bicyclic) bond motifs is 1. The number of nitrogens with zero attached hydrogens (tertiary/aromatic N) is 4. The van der Waals surface area contributed by atoms with E-state index in [4.69, 9.17) is 11.5 Å². The van der Waals surface area contributed by atoms with Crippen LogP contribution in [-0.2, 0) is 6.18 Å². The van der Waals surface area contributed by atoms with Gasteiger partial charge in [0.05, 0.1) is 22.9 Å². The van der Waals surface area contributed by atoms with E-state index in [2.05, 4.69) is 15.1 Å². The highest BCUT2D eigenvalue weighted by atomic mass is 19.4. The molecule has 6 nitrogen and oxygen atoms in total. The van der Waals surface area contributed by atoms with Crippen LogP contribution in [-0.4, -0.2) is 19.7 Å². The van der Waals surface area contributed by atoms with Gasteiger partial charge in [-0.25, -0.2) is 9.97 Å². The lowest BCUT2D eigenvalue weighted by molar-refractivity contribution is -0.141. The molecule has 2 heterocycles. The minimum atomic E-state index is -4.69. The fraction of sp³-hybridized carbons (Fsp3) is 0.0833. The summed E-state index contributed by atoms with van der Waals surface area (Å²) in [7, 11) is 0. The summed E-state index contributed by atoms with van der Waals surface area (Å²) in [4.78, 5) is 7.60. The van der Waals surface area contributed by atoms with Crippen molar-refractivity contribution in [2.75, 3.05) is 11.5 Å². The molecule has 3 aromatic rings. The Labute approximate surface area is 116 Å². The smallest absolute Gasteiger partial charge is 0.394 e. The normalized spacial score (nSPS) is 12.0. The SMILES string of the molecule is Nc1cnn(-c2nc3ccccc3nc2C(F)(F)F)c1N. The molecule has 0 aliphatic carbocycles. The van der Waals surface area contributed by atoms with Crippen LogP contribution < -0.4 is 11.5 Å². The molecule has 21 heavy (non-hydrogen) atoms. The van der Waals surface area contributed by atoms with Crippen LogP contribution in [0.3, 0.4) is 0 Å². The molecule has 0 aliphatic rings. The standard InChI is InChI=1S/C12H9F3N6/c13-12(14,15)9-11(21-10(17)6(16)5-18-21)20-8-4-2-1-3-7(8)19-9/h1-5H,16-17H2. The maximum Gasteiger partial charge on any atom is 0.437 e. The summed E-state index contributed by atoms with van der Waals surface area (Å²) in [6.45, 7) is 0. The van der Waals surface area contributed by atoms with Gasteiger partial charge < -0.3 is 11.5 Å². The monoisotopic (exact) mass is 294 g/mol. The molecule has 9 heteroatoms. The van der Waals surface area contributed by atoms with E-state index in [1.807, 2.05) is 0 Å². The van der Waals surface area contributed by atoms with E-state index >= 15 is 0 Å². The highest BCUT2D eigenvalue weighted by molar-refractivity contribution is 5.75. The number of aromatic nitrogens is 4. The number of rotatable bonds is 1. The Kier molecular flexibility index (Phi) is 2.71. The minimum Gasteiger partial charge on any atom is -0.394 e. The molecule has 0 aliphatic heterocycles. The van der Waals surface area contributed by atoms with Gasteiger partial charge in [-0.2, -0.15) is 23.0 Å². The molecule has 1 aromatic carbocycles. The van der Waals surface area contributed by atoms with Crippen LogP contribution in [0.5, 0.6) is 0 Å². The van der Waals surface area contributed by atoms with Crippen molar-refractivity contribution >= 4 is 22.5 Å². The van der Waals surface area contributed by atoms with Crippen molar-refractivity contribution in [3.8, 4) is 5.82 Å². The Morgan fingerprint density at radius 2 is 1.62 bits per heavy atom. The summed E-state index contributed by atoms with van der Waals surface area (Å²) in [5.41, 5.74) is 10.5. The second kappa shape index (κ2) is 4.33. The molecule has 0 fully saturated rings. The van der Waals surface area contributed by atoms with Gasteiger partial charge in [0.15, 0.2) is 17.3 Å². The molecular formula is C12H9F3N6. The van der Waals surface area contributed by atoms with Gasteiger partial charge in [0.2, 0.25) is 0 Å². The van der Waals surface area contributed by atoms with Gasteiger partial charge in [-0.3, -0.25) is 0 Å². The third-order valence-electron chi connectivity index (χ3n) is 2.86. The van der Waals surface area contributed by atoms with Gasteiger partial charge in [0, 0.05) is 0 Å². The molecule has 108 valence electrons. The van der Waals surface area contributed by atoms with Crippen LogP contribution >= 0.6 is 0 Å². The van der Waals surface area contributed by atoms with E-state index in [0.717, 1.165) is 10.9 Å². The summed E-state index contributed by atoms with van der Waals surface area (Å²) >= 11 is 0. The maximum absolute atomic E-state index is 13.2. The van der Waals surface area contributed by atoms with Crippen LogP contribution in [0.1, 0.15) is 5.69 Å². The van der Waals surface area contributed by atoms with Crippen molar-refractivity contribution in [3.63, 3.8) is 0 Å². The number of hydrogen-bond donors (Lipinski definition) is 2. The highest BCUT2D eigenvalue weighted by Crippen LogP contribution is 2.33. The number of nitrogen functional groups attached to an aromatic ring is 2. The topological polar surface area (TPSA) is 95.6 Å². The molecule has 0 spiro atoms. The third kappa shape index (κ3) is 2.12. The van der Waals surface area contributed by atoms with E-state index in [-0.39, 0.29) is 17.0 Å². The average molecular weight is 294 g/mol. The van der Waals surface area contributed by atoms with Crippen LogP contribution in [0, 0.1) is 0 Å². The van der Waals surface area contributed by atoms with Crippen LogP contribution in [0.25, 0.3) is 16.9 Å². The van der Waals surface area contributed by atoms with Gasteiger partial charge >= 0.3 is 6.18 Å². The molecular weight excluding hydrogens is 285 g/mol. The summed E-state index contributed by atoms with van der Waals surface area (Å²) in [5, 5.41) is 3.73. The van der Waals surface area contributed by atoms with Crippen molar-refractivity contribution < 1.29 is 13.2 Å². The Bertz CT molecular complexity index is 823. The number of nitrogens with two attached hydrogens (primary N) is 2. The average Bonchev–Trinajstić information content (AvgIpc) is 2.76. The first-order valence-corrected chi connectivity index (χ1v) is 5.81. The van der Waals surface area contributed by atoms with Gasteiger partial charge in [0.25, 0.3) is 0 Å². The lowest BCUT2D eigenvalue weighted by Gasteiger charge is -2.13. The molecule has 0 unspecified atom stereocenters. The second-order valence-corrected chi connectivity index (χ2v) is 4.28. The lowest BCUT2D eigenvalue weighted by atomic mass is 10.2. The number of hydrogen-bond acceptors (Lipinski definition) is 5. The Balaban J connectivity index is 2.36. The van der Waals surface area contributed by atoms with Crippen molar-refractivity contribution in [2.45, 2.75) is 6.18 Å². The fourth-order valence-electron chi connectivity index (χ4n) is 1.87. The zero-order chi connectivity index (χ0) is 15.2. The summed E-state index contributed by atoms with van der Waals surface area (Å²) in [5.74, 6) is -0.625. The minimum absolute atomic E-state index is 0.0677. The molecule has 0 bridgehead atoms. The van der Waals surface area contributed by atoms with E-state index in [1.165, 1.54) is 6.07 Å². The number of benzene rings is 1. The zero-order valence-electron chi connectivity index (χ0n) is 10.5. The first-order valence-electron chi connectivity index (χ1n) is 5.81. The predicted octanol–water partition coefficient (Wildman–Crippen LogP) is 2.00. The number of para-hydroxylation sites is 2. The van der Waals surface area contributed by atoms with Gasteiger partial charge in [-0.15, -0.1) is 0 Å². The fourth-order valence-corrected chi connectivity index (χ4v) is 1.87. The Morgan fingerprint density at radius 1 is 1.00 bits per heavy atom. The van der Waals surface area contributed by atoms with Gasteiger partial charge in [-0.05, 0) is 12.1 Å². The van der Waals surface area contributed by atoms with Crippen LogP contribution in [0.15, 0.2) is 30.5 Å². The Morgan fingerprint density at radius 3 is 2.14 bits per heavy atom. The molecule has 0 saturated carbocycles. The highest BCUT2D eigenvalue weighted by Gasteiger charge is 2.38. The quantitative estimate of drug-likeness (QED) is 0.715. The summed E-state index contributed by atoms with van der Waals surface area (Å²) in [6, 6.07) is 6.23. The van der Waals surface area contributed by atoms with Crippen molar-refractivity contribution in [3.05, 3.63) is 36.2 Å². The lowest BCUT2D eigenvalue weighted by Crippen LogP contribution is -2.17. The largest absolute Gasteiger partial charge is 0.437 e. The summed E-state index contributed by atoms with van der Waals surface area (Å²) < 4.78 is 40.4. The van der Waals surface area contributed by atoms with Gasteiger partial charge in [0.1, 0.15) is 0 Å². The van der Waals surface area contributed by atoms with Crippen LogP contribution in [0.4, 0.5) is 24.7 Å². The first-order chi connectivity index (χ1) is 9.88. The number of halogens is 3. The Hall–Kier alpha value is -2.84. The number of alkyl halides is 3. The van der Waals surface area contributed by atoms with E-state index in [0.29, 0.717) is 5.52 Å². The second-order valence-electron chi connectivity index (χ2n) is 4.28. The molecule has 0 saturated heterocycles. The van der Waals surface area contributed by atoms with Crippen molar-refractivity contribution in [1.29, 1.82) is 0 Å². The molecule has 2 aromatic heterocycles. The molecule has 0 atom stereocenters. The maximum atomic E-state index is 13.2. The van der Waals surface area contributed by atoms with E-state index < -0.39 is 17.7 Å². The predicted molar refractivity (Wildman–Crippen MR) is 70.5 cm³/mol. The first kappa shape index (κ1) is 13.2.